The van der Waals surface area contributed by atoms with E-state index in [1.807, 2.05) is 37.3 Å². The van der Waals surface area contributed by atoms with E-state index in [9.17, 15) is 4.39 Å². The maximum atomic E-state index is 14.0. The highest BCUT2D eigenvalue weighted by molar-refractivity contribution is 6.31. The molecule has 0 aliphatic rings. The Balaban J connectivity index is 2.28. The normalized spacial score (nSPS) is 12.4. The number of nitrogens with one attached hydrogen (secondary N) is 1. The average Bonchev–Trinajstić information content (AvgIpc) is 2.39. The number of nitrogens with two attached hydrogens (primary N) is 1. The third kappa shape index (κ3) is 3.32. The zero-order valence-electron chi connectivity index (χ0n) is 10.7. The average molecular weight is 279 g/mol. The van der Waals surface area contributed by atoms with Crippen molar-refractivity contribution in [2.24, 2.45) is 5.84 Å². The van der Waals surface area contributed by atoms with Crippen LogP contribution in [0.3, 0.4) is 0 Å². The smallest absolute Gasteiger partial charge is 0.128 e. The van der Waals surface area contributed by atoms with E-state index < -0.39 is 0 Å². The van der Waals surface area contributed by atoms with Gasteiger partial charge >= 0.3 is 0 Å². The van der Waals surface area contributed by atoms with Gasteiger partial charge < -0.3 is 0 Å². The van der Waals surface area contributed by atoms with E-state index in [0.717, 1.165) is 11.1 Å². The second-order valence-electron chi connectivity index (χ2n) is 4.54. The molecule has 0 spiro atoms. The Morgan fingerprint density at radius 1 is 1.26 bits per heavy atom. The van der Waals surface area contributed by atoms with Crippen molar-refractivity contribution >= 4 is 11.6 Å². The van der Waals surface area contributed by atoms with Crippen molar-refractivity contribution in [3.05, 3.63) is 70.0 Å². The van der Waals surface area contributed by atoms with Crippen LogP contribution in [0.1, 0.15) is 22.7 Å². The number of aryl methyl sites for hydroxylation is 1. The topological polar surface area (TPSA) is 38.0 Å². The number of hydrazine groups is 1. The molecule has 3 N–H and O–H groups in total. The Kier molecular flexibility index (Phi) is 4.53. The summed E-state index contributed by atoms with van der Waals surface area (Å²) in [6, 6.07) is 12.3. The first-order valence-corrected chi connectivity index (χ1v) is 6.45. The number of hydrogen-bond acceptors (Lipinski definition) is 2. The first kappa shape index (κ1) is 14.0. The standard InChI is InChI=1S/C15H16ClFN2/c1-10-6-7-12(14(17)8-10)15(19-18)9-11-4-2-3-5-13(11)16/h2-8,15,19H,9,18H2,1H3. The van der Waals surface area contributed by atoms with Crippen LogP contribution in [0.4, 0.5) is 4.39 Å². The zero-order chi connectivity index (χ0) is 13.8. The van der Waals surface area contributed by atoms with E-state index in [4.69, 9.17) is 17.4 Å². The number of rotatable bonds is 4. The van der Waals surface area contributed by atoms with E-state index in [1.165, 1.54) is 6.07 Å². The van der Waals surface area contributed by atoms with Gasteiger partial charge in [-0.15, -0.1) is 0 Å². The second-order valence-corrected chi connectivity index (χ2v) is 4.95. The van der Waals surface area contributed by atoms with Crippen LogP contribution in [-0.4, -0.2) is 0 Å². The van der Waals surface area contributed by atoms with Gasteiger partial charge in [0.15, 0.2) is 0 Å². The largest absolute Gasteiger partial charge is 0.271 e. The highest BCUT2D eigenvalue weighted by atomic mass is 35.5. The lowest BCUT2D eigenvalue weighted by Gasteiger charge is -2.18. The van der Waals surface area contributed by atoms with Crippen LogP contribution in [-0.2, 0) is 6.42 Å². The molecule has 0 saturated carbocycles. The molecule has 0 aromatic heterocycles. The molecule has 100 valence electrons. The lowest BCUT2D eigenvalue weighted by atomic mass is 9.98. The van der Waals surface area contributed by atoms with Gasteiger partial charge in [0.2, 0.25) is 0 Å². The maximum absolute atomic E-state index is 14.0. The highest BCUT2D eigenvalue weighted by Crippen LogP contribution is 2.25. The van der Waals surface area contributed by atoms with Crippen molar-refractivity contribution in [2.45, 2.75) is 19.4 Å². The molecule has 1 atom stereocenters. The van der Waals surface area contributed by atoms with E-state index in [1.54, 1.807) is 6.07 Å². The summed E-state index contributed by atoms with van der Waals surface area (Å²) in [5, 5.41) is 0.662. The van der Waals surface area contributed by atoms with Crippen LogP contribution in [0.15, 0.2) is 42.5 Å². The van der Waals surface area contributed by atoms with Crippen LogP contribution in [0.5, 0.6) is 0 Å². The summed E-state index contributed by atoms with van der Waals surface area (Å²) in [5.41, 5.74) is 5.03. The minimum absolute atomic E-state index is 0.255. The van der Waals surface area contributed by atoms with Crippen LogP contribution < -0.4 is 11.3 Å². The molecule has 0 amide bonds. The molecular formula is C15H16ClFN2. The van der Waals surface area contributed by atoms with Gasteiger partial charge in [0, 0.05) is 10.6 Å². The summed E-state index contributed by atoms with van der Waals surface area (Å²) in [7, 11) is 0. The first-order valence-electron chi connectivity index (χ1n) is 6.07. The van der Waals surface area contributed by atoms with Crippen LogP contribution in [0.2, 0.25) is 5.02 Å². The van der Waals surface area contributed by atoms with Crippen molar-refractivity contribution in [1.29, 1.82) is 0 Å². The van der Waals surface area contributed by atoms with E-state index in [-0.39, 0.29) is 11.9 Å². The minimum Gasteiger partial charge on any atom is -0.271 e. The van der Waals surface area contributed by atoms with Gasteiger partial charge in [-0.3, -0.25) is 11.3 Å². The van der Waals surface area contributed by atoms with Crippen molar-refractivity contribution in [2.75, 3.05) is 0 Å². The number of hydrogen-bond donors (Lipinski definition) is 2. The molecule has 4 heteroatoms. The summed E-state index contributed by atoms with van der Waals surface area (Å²) in [6.45, 7) is 1.85. The fourth-order valence-electron chi connectivity index (χ4n) is 2.06. The molecule has 0 saturated heterocycles. The molecule has 19 heavy (non-hydrogen) atoms. The summed E-state index contributed by atoms with van der Waals surface area (Å²) >= 11 is 6.12. The fraction of sp³-hybridized carbons (Fsp3) is 0.200. The zero-order valence-corrected chi connectivity index (χ0v) is 11.4. The predicted molar refractivity (Wildman–Crippen MR) is 76.4 cm³/mol. The third-order valence-corrected chi connectivity index (χ3v) is 3.48. The summed E-state index contributed by atoms with van der Waals surface area (Å²) < 4.78 is 14.0. The molecule has 0 aliphatic carbocycles. The quantitative estimate of drug-likeness (QED) is 0.663. The molecule has 0 heterocycles. The molecule has 0 aliphatic heterocycles. The fourth-order valence-corrected chi connectivity index (χ4v) is 2.27. The van der Waals surface area contributed by atoms with Crippen LogP contribution >= 0.6 is 11.6 Å². The second kappa shape index (κ2) is 6.15. The number of halogens is 2. The Labute approximate surface area is 117 Å². The number of benzene rings is 2. The van der Waals surface area contributed by atoms with Gasteiger partial charge in [0.1, 0.15) is 5.82 Å². The summed E-state index contributed by atoms with van der Waals surface area (Å²) in [5.74, 6) is 5.30. The molecule has 2 rings (SSSR count). The lowest BCUT2D eigenvalue weighted by molar-refractivity contribution is 0.510. The monoisotopic (exact) mass is 278 g/mol. The van der Waals surface area contributed by atoms with Crippen molar-refractivity contribution in [3.63, 3.8) is 0 Å². The SMILES string of the molecule is Cc1ccc(C(Cc2ccccc2Cl)NN)c(F)c1. The van der Waals surface area contributed by atoms with Gasteiger partial charge in [-0.2, -0.15) is 0 Å². The molecule has 1 unspecified atom stereocenters. The lowest BCUT2D eigenvalue weighted by Crippen LogP contribution is -2.30. The van der Waals surface area contributed by atoms with Gasteiger partial charge in [-0.05, 0) is 36.6 Å². The first-order chi connectivity index (χ1) is 9.11. The molecule has 0 radical (unpaired) electrons. The molecule has 0 bridgehead atoms. The molecule has 2 aromatic carbocycles. The Morgan fingerprint density at radius 2 is 2.00 bits per heavy atom. The Hall–Kier alpha value is -1.42. The van der Waals surface area contributed by atoms with Gasteiger partial charge in [0.25, 0.3) is 0 Å². The maximum Gasteiger partial charge on any atom is 0.128 e. The van der Waals surface area contributed by atoms with Crippen LogP contribution in [0, 0.1) is 12.7 Å². The van der Waals surface area contributed by atoms with Gasteiger partial charge in [-0.25, -0.2) is 4.39 Å². The van der Waals surface area contributed by atoms with Gasteiger partial charge in [0.05, 0.1) is 6.04 Å². The van der Waals surface area contributed by atoms with E-state index >= 15 is 0 Å². The highest BCUT2D eigenvalue weighted by Gasteiger charge is 2.16. The summed E-state index contributed by atoms with van der Waals surface area (Å²) in [4.78, 5) is 0. The minimum atomic E-state index is -0.305. The molecule has 0 fully saturated rings. The van der Waals surface area contributed by atoms with E-state index in [0.29, 0.717) is 17.0 Å². The van der Waals surface area contributed by atoms with Gasteiger partial charge in [-0.1, -0.05) is 41.9 Å². The molecule has 2 nitrogen and oxygen atoms in total. The summed E-state index contributed by atoms with van der Waals surface area (Å²) in [6.07, 6.45) is 0.538. The predicted octanol–water partition coefficient (Wildman–Crippen LogP) is 3.53. The molecule has 2 aromatic rings. The third-order valence-electron chi connectivity index (χ3n) is 3.11. The van der Waals surface area contributed by atoms with Crippen LogP contribution in [0.25, 0.3) is 0 Å². The van der Waals surface area contributed by atoms with Crippen molar-refractivity contribution in [1.82, 2.24) is 5.43 Å². The van der Waals surface area contributed by atoms with Crippen molar-refractivity contribution < 1.29 is 4.39 Å². The Morgan fingerprint density at radius 3 is 2.63 bits per heavy atom. The Bertz CT molecular complexity index is 572. The van der Waals surface area contributed by atoms with Crippen molar-refractivity contribution in [3.8, 4) is 0 Å². The van der Waals surface area contributed by atoms with E-state index in [2.05, 4.69) is 5.43 Å². The molecular weight excluding hydrogens is 263 g/mol.